The lowest BCUT2D eigenvalue weighted by Gasteiger charge is -2.26. The molecular formula is C18H22Cl2FN5O. The van der Waals surface area contributed by atoms with Gasteiger partial charge in [0.25, 0.3) is 5.91 Å². The molecule has 6 nitrogen and oxygen atoms in total. The highest BCUT2D eigenvalue weighted by Gasteiger charge is 2.21. The topological polar surface area (TPSA) is 56.0 Å². The Morgan fingerprint density at radius 1 is 1.26 bits per heavy atom. The van der Waals surface area contributed by atoms with Crippen LogP contribution in [0.5, 0.6) is 0 Å². The van der Waals surface area contributed by atoms with Crippen LogP contribution in [0, 0.1) is 5.82 Å². The Kier molecular flexibility index (Phi) is 7.99. The van der Waals surface area contributed by atoms with E-state index in [2.05, 4.69) is 9.97 Å². The maximum atomic E-state index is 14.1. The molecule has 1 amide bonds. The van der Waals surface area contributed by atoms with Gasteiger partial charge in [0, 0.05) is 38.2 Å². The van der Waals surface area contributed by atoms with E-state index in [0.29, 0.717) is 17.9 Å². The Hall–Kier alpha value is -2.38. The van der Waals surface area contributed by atoms with Crippen molar-refractivity contribution < 1.29 is 9.18 Å². The van der Waals surface area contributed by atoms with Crippen LogP contribution >= 0.6 is 24.8 Å². The Bertz CT molecular complexity index is 880. The molecule has 1 aromatic carbocycles. The maximum absolute atomic E-state index is 14.1. The first-order chi connectivity index (χ1) is 12.0. The molecule has 3 rings (SSSR count). The highest BCUT2D eigenvalue weighted by atomic mass is 35.5. The molecule has 2 heterocycles. The lowest BCUT2D eigenvalue weighted by molar-refractivity contribution is 0.0684. The third-order valence-electron chi connectivity index (χ3n) is 3.95. The number of hydrogen-bond donors (Lipinski definition) is 0. The molecule has 0 spiro atoms. The molecule has 0 radical (unpaired) electrons. The second-order valence-corrected chi connectivity index (χ2v) is 6.21. The molecule has 0 fully saturated rings. The van der Waals surface area contributed by atoms with E-state index < -0.39 is 0 Å². The number of rotatable bonds is 5. The average molecular weight is 414 g/mol. The van der Waals surface area contributed by atoms with Gasteiger partial charge in [-0.05, 0) is 31.5 Å². The molecule has 0 aliphatic rings. The average Bonchev–Trinajstić information content (AvgIpc) is 3.24. The minimum absolute atomic E-state index is 0. The first-order valence-corrected chi connectivity index (χ1v) is 8.01. The van der Waals surface area contributed by atoms with Crippen LogP contribution in [-0.2, 0) is 13.6 Å². The summed E-state index contributed by atoms with van der Waals surface area (Å²) in [6.07, 6.45) is 8.11. The lowest BCUT2D eigenvalue weighted by atomic mass is 10.1. The van der Waals surface area contributed by atoms with Gasteiger partial charge >= 0.3 is 0 Å². The fraction of sp³-hybridized carbons (Fsp3) is 0.278. The standard InChI is InChI=1S/C18H20FN5O.2ClH/c1-13(2)24(18(25)16-10-22(3)12-21-16)9-14-4-5-15(19)17(8-14)23-7-6-20-11-23;;/h4-8,10-13H,9H2,1-3H3;2*1H. The van der Waals surface area contributed by atoms with E-state index in [1.807, 2.05) is 20.9 Å². The molecule has 9 heteroatoms. The monoisotopic (exact) mass is 413 g/mol. The van der Waals surface area contributed by atoms with E-state index in [1.54, 1.807) is 57.4 Å². The fourth-order valence-electron chi connectivity index (χ4n) is 2.61. The van der Waals surface area contributed by atoms with E-state index >= 15 is 0 Å². The normalized spacial score (nSPS) is 10.3. The minimum Gasteiger partial charge on any atom is -0.340 e. The van der Waals surface area contributed by atoms with Crippen molar-refractivity contribution in [2.45, 2.75) is 26.4 Å². The molecule has 0 bridgehead atoms. The largest absolute Gasteiger partial charge is 0.340 e. The number of imidazole rings is 2. The Labute approximate surface area is 169 Å². The second kappa shape index (κ2) is 9.53. The van der Waals surface area contributed by atoms with E-state index in [1.165, 1.54) is 6.07 Å². The van der Waals surface area contributed by atoms with Gasteiger partial charge in [0.1, 0.15) is 11.5 Å². The van der Waals surface area contributed by atoms with E-state index in [9.17, 15) is 9.18 Å². The molecule has 2 aromatic heterocycles. The molecule has 3 aromatic rings. The summed E-state index contributed by atoms with van der Waals surface area (Å²) in [5.41, 5.74) is 1.64. The molecule has 0 atom stereocenters. The van der Waals surface area contributed by atoms with Crippen molar-refractivity contribution >= 4 is 30.7 Å². The van der Waals surface area contributed by atoms with Gasteiger partial charge in [-0.25, -0.2) is 14.4 Å². The summed E-state index contributed by atoms with van der Waals surface area (Å²) in [5.74, 6) is -0.488. The van der Waals surface area contributed by atoms with E-state index in [4.69, 9.17) is 0 Å². The molecular weight excluding hydrogens is 392 g/mol. The summed E-state index contributed by atoms with van der Waals surface area (Å²) in [7, 11) is 1.82. The molecule has 0 saturated heterocycles. The Balaban J connectivity index is 0.00000182. The van der Waals surface area contributed by atoms with E-state index in [0.717, 1.165) is 5.56 Å². The van der Waals surface area contributed by atoms with Crippen molar-refractivity contribution in [1.29, 1.82) is 0 Å². The third-order valence-corrected chi connectivity index (χ3v) is 3.95. The number of aromatic nitrogens is 4. The van der Waals surface area contributed by atoms with E-state index in [-0.39, 0.29) is 42.6 Å². The predicted molar refractivity (Wildman–Crippen MR) is 106 cm³/mol. The lowest BCUT2D eigenvalue weighted by Crippen LogP contribution is -2.36. The molecule has 0 aliphatic heterocycles. The summed E-state index contributed by atoms with van der Waals surface area (Å²) < 4.78 is 17.5. The molecule has 146 valence electrons. The summed E-state index contributed by atoms with van der Waals surface area (Å²) in [6.45, 7) is 4.26. The smallest absolute Gasteiger partial charge is 0.274 e. The van der Waals surface area contributed by atoms with Gasteiger partial charge in [0.15, 0.2) is 0 Å². The number of benzene rings is 1. The van der Waals surface area contributed by atoms with Gasteiger partial charge in [0.05, 0.1) is 18.3 Å². The van der Waals surface area contributed by atoms with Crippen LogP contribution in [0.2, 0.25) is 0 Å². The predicted octanol–water partition coefficient (Wildman–Crippen LogP) is 3.64. The van der Waals surface area contributed by atoms with Crippen molar-refractivity contribution in [3.63, 3.8) is 0 Å². The van der Waals surface area contributed by atoms with Crippen LogP contribution < -0.4 is 0 Å². The number of aryl methyl sites for hydroxylation is 1. The number of carbonyl (C=O) groups excluding carboxylic acids is 1. The highest BCUT2D eigenvalue weighted by Crippen LogP contribution is 2.18. The van der Waals surface area contributed by atoms with Crippen LogP contribution in [-0.4, -0.2) is 36.0 Å². The van der Waals surface area contributed by atoms with Gasteiger partial charge in [-0.1, -0.05) is 6.07 Å². The number of amides is 1. The third kappa shape index (κ3) is 5.08. The van der Waals surface area contributed by atoms with Crippen molar-refractivity contribution in [3.05, 3.63) is 66.5 Å². The van der Waals surface area contributed by atoms with Crippen LogP contribution in [0.3, 0.4) is 0 Å². The second-order valence-electron chi connectivity index (χ2n) is 6.21. The summed E-state index contributed by atoms with van der Waals surface area (Å²) in [6, 6.07) is 4.82. The van der Waals surface area contributed by atoms with Gasteiger partial charge in [-0.3, -0.25) is 4.79 Å². The van der Waals surface area contributed by atoms with Crippen LogP contribution in [0.15, 0.2) is 49.4 Å². The minimum atomic E-state index is -0.339. The molecule has 0 saturated carbocycles. The zero-order chi connectivity index (χ0) is 18.0. The Morgan fingerprint density at radius 3 is 2.56 bits per heavy atom. The summed E-state index contributed by atoms with van der Waals surface area (Å²) in [4.78, 5) is 22.5. The molecule has 0 aliphatic carbocycles. The molecule has 0 unspecified atom stereocenters. The number of carbonyl (C=O) groups is 1. The summed E-state index contributed by atoms with van der Waals surface area (Å²) in [5, 5.41) is 0. The van der Waals surface area contributed by atoms with Crippen molar-refractivity contribution in [3.8, 4) is 5.69 Å². The van der Waals surface area contributed by atoms with Crippen molar-refractivity contribution in [2.24, 2.45) is 7.05 Å². The number of hydrogen-bond acceptors (Lipinski definition) is 3. The molecule has 0 N–H and O–H groups in total. The zero-order valence-electron chi connectivity index (χ0n) is 15.2. The number of halogens is 3. The highest BCUT2D eigenvalue weighted by molar-refractivity contribution is 5.92. The first-order valence-electron chi connectivity index (χ1n) is 8.01. The fourth-order valence-corrected chi connectivity index (χ4v) is 2.61. The van der Waals surface area contributed by atoms with Crippen LogP contribution in [0.25, 0.3) is 5.69 Å². The molecule has 27 heavy (non-hydrogen) atoms. The van der Waals surface area contributed by atoms with Gasteiger partial charge in [-0.2, -0.15) is 0 Å². The van der Waals surface area contributed by atoms with Crippen LogP contribution in [0.4, 0.5) is 4.39 Å². The SMILES string of the molecule is CC(C)N(Cc1ccc(F)c(-n2ccnc2)c1)C(=O)c1cn(C)cn1.Cl.Cl. The summed E-state index contributed by atoms with van der Waals surface area (Å²) >= 11 is 0. The first kappa shape index (κ1) is 22.7. The van der Waals surface area contributed by atoms with Crippen molar-refractivity contribution in [2.75, 3.05) is 0 Å². The van der Waals surface area contributed by atoms with Gasteiger partial charge in [-0.15, -0.1) is 24.8 Å². The Morgan fingerprint density at radius 2 is 2.00 bits per heavy atom. The maximum Gasteiger partial charge on any atom is 0.274 e. The zero-order valence-corrected chi connectivity index (χ0v) is 16.9. The van der Waals surface area contributed by atoms with Crippen molar-refractivity contribution in [1.82, 2.24) is 24.0 Å². The number of nitrogens with zero attached hydrogens (tertiary/aromatic N) is 5. The van der Waals surface area contributed by atoms with Gasteiger partial charge in [0.2, 0.25) is 0 Å². The van der Waals surface area contributed by atoms with Gasteiger partial charge < -0.3 is 14.0 Å². The quantitative estimate of drug-likeness (QED) is 0.641. The van der Waals surface area contributed by atoms with Crippen LogP contribution in [0.1, 0.15) is 29.9 Å².